The molecule has 0 aliphatic carbocycles. The number of hydrogen-bond donors (Lipinski definition) is 2. The summed E-state index contributed by atoms with van der Waals surface area (Å²) in [6, 6.07) is 15.1. The molecule has 0 bridgehead atoms. The molecule has 2 N–H and O–H groups in total. The average Bonchev–Trinajstić information content (AvgIpc) is 2.49. The zero-order chi connectivity index (χ0) is 15.1. The summed E-state index contributed by atoms with van der Waals surface area (Å²) in [5.74, 6) is 0.800. The number of carbonyl (C=O) groups is 1. The van der Waals surface area contributed by atoms with Crippen LogP contribution in [0.2, 0.25) is 0 Å². The summed E-state index contributed by atoms with van der Waals surface area (Å²) in [5, 5.41) is 5.62. The molecule has 2 aromatic rings. The molecule has 0 atom stereocenters. The maximum Gasteiger partial charge on any atom is 0.319 e. The quantitative estimate of drug-likeness (QED) is 0.826. The van der Waals surface area contributed by atoms with Gasteiger partial charge in [-0.25, -0.2) is 4.79 Å². The van der Waals surface area contributed by atoms with Crippen LogP contribution < -0.4 is 15.4 Å². The maximum absolute atomic E-state index is 11.8. The molecule has 0 fully saturated rings. The third-order valence-electron chi connectivity index (χ3n) is 3.25. The predicted octanol–water partition coefficient (Wildman–Crippen LogP) is 3.50. The number of hydrogen-bond acceptors (Lipinski definition) is 2. The lowest BCUT2D eigenvalue weighted by Crippen LogP contribution is -2.32. The van der Waals surface area contributed by atoms with Crippen molar-refractivity contribution in [2.24, 2.45) is 0 Å². The van der Waals surface area contributed by atoms with Crippen molar-refractivity contribution in [3.05, 3.63) is 59.7 Å². The van der Waals surface area contributed by atoms with Crippen molar-refractivity contribution in [2.45, 2.75) is 13.8 Å². The predicted molar refractivity (Wildman–Crippen MR) is 84.9 cm³/mol. The van der Waals surface area contributed by atoms with Gasteiger partial charge in [0, 0.05) is 5.69 Å². The molecular formula is C17H20N2O2. The first kappa shape index (κ1) is 14.9. The van der Waals surface area contributed by atoms with E-state index in [1.807, 2.05) is 62.4 Å². The molecule has 0 saturated carbocycles. The van der Waals surface area contributed by atoms with Crippen LogP contribution in [0.25, 0.3) is 0 Å². The number of ether oxygens (including phenoxy) is 1. The first-order chi connectivity index (χ1) is 10.2. The zero-order valence-corrected chi connectivity index (χ0v) is 12.3. The van der Waals surface area contributed by atoms with Crippen LogP contribution in [-0.2, 0) is 0 Å². The third kappa shape index (κ3) is 4.53. The van der Waals surface area contributed by atoms with E-state index in [9.17, 15) is 4.79 Å². The van der Waals surface area contributed by atoms with Crippen LogP contribution in [-0.4, -0.2) is 19.2 Å². The number of anilines is 1. The second-order valence-electron chi connectivity index (χ2n) is 4.79. The number of urea groups is 1. The fourth-order valence-corrected chi connectivity index (χ4v) is 1.90. The lowest BCUT2D eigenvalue weighted by atomic mass is 10.1. The van der Waals surface area contributed by atoms with Crippen molar-refractivity contribution in [3.63, 3.8) is 0 Å². The van der Waals surface area contributed by atoms with E-state index in [4.69, 9.17) is 4.74 Å². The van der Waals surface area contributed by atoms with Crippen molar-refractivity contribution in [1.82, 2.24) is 5.32 Å². The third-order valence-corrected chi connectivity index (χ3v) is 3.25. The SMILES string of the molecule is Cc1cccc(NC(=O)NCCOc2ccccc2)c1C. The van der Waals surface area contributed by atoms with Gasteiger partial charge < -0.3 is 15.4 Å². The summed E-state index contributed by atoms with van der Waals surface area (Å²) < 4.78 is 5.51. The van der Waals surface area contributed by atoms with Crippen LogP contribution in [0.5, 0.6) is 5.75 Å². The summed E-state index contributed by atoms with van der Waals surface area (Å²) in [7, 11) is 0. The van der Waals surface area contributed by atoms with Crippen LogP contribution in [0.3, 0.4) is 0 Å². The Hall–Kier alpha value is -2.49. The molecule has 0 heterocycles. The van der Waals surface area contributed by atoms with Crippen LogP contribution in [0.4, 0.5) is 10.5 Å². The highest BCUT2D eigenvalue weighted by molar-refractivity contribution is 5.90. The van der Waals surface area contributed by atoms with Crippen molar-refractivity contribution in [3.8, 4) is 5.75 Å². The number of nitrogens with one attached hydrogen (secondary N) is 2. The molecular weight excluding hydrogens is 264 g/mol. The molecule has 0 aliphatic heterocycles. The van der Waals surface area contributed by atoms with E-state index in [1.54, 1.807) is 0 Å². The average molecular weight is 284 g/mol. The van der Waals surface area contributed by atoms with E-state index in [0.29, 0.717) is 13.2 Å². The van der Waals surface area contributed by atoms with Crippen LogP contribution in [0.15, 0.2) is 48.5 Å². The van der Waals surface area contributed by atoms with Gasteiger partial charge in [0.15, 0.2) is 0 Å². The van der Waals surface area contributed by atoms with Crippen LogP contribution in [0.1, 0.15) is 11.1 Å². The summed E-state index contributed by atoms with van der Waals surface area (Å²) in [4.78, 5) is 11.8. The standard InChI is InChI=1S/C17H20N2O2/c1-13-7-6-10-16(14(13)2)19-17(20)18-11-12-21-15-8-4-3-5-9-15/h3-10H,11-12H2,1-2H3,(H2,18,19,20). The van der Waals surface area contributed by atoms with E-state index < -0.39 is 0 Å². The Labute approximate surface area is 125 Å². The Kier molecular flexibility index (Phi) is 5.21. The monoisotopic (exact) mass is 284 g/mol. The number of aryl methyl sites for hydroxylation is 1. The molecule has 0 aliphatic rings. The molecule has 2 rings (SSSR count). The Balaban J connectivity index is 1.74. The highest BCUT2D eigenvalue weighted by Crippen LogP contribution is 2.17. The van der Waals surface area contributed by atoms with Gasteiger partial charge in [-0.3, -0.25) is 0 Å². The zero-order valence-electron chi connectivity index (χ0n) is 12.3. The van der Waals surface area contributed by atoms with Gasteiger partial charge in [-0.15, -0.1) is 0 Å². The fraction of sp³-hybridized carbons (Fsp3) is 0.235. The number of benzene rings is 2. The molecule has 2 aromatic carbocycles. The summed E-state index contributed by atoms with van der Waals surface area (Å²) >= 11 is 0. The minimum Gasteiger partial charge on any atom is -0.492 e. The second-order valence-corrected chi connectivity index (χ2v) is 4.79. The molecule has 21 heavy (non-hydrogen) atoms. The number of rotatable bonds is 5. The van der Waals surface area contributed by atoms with Crippen molar-refractivity contribution in [1.29, 1.82) is 0 Å². The lowest BCUT2D eigenvalue weighted by Gasteiger charge is -2.11. The first-order valence-electron chi connectivity index (χ1n) is 6.96. The van der Waals surface area contributed by atoms with E-state index >= 15 is 0 Å². The first-order valence-corrected chi connectivity index (χ1v) is 6.96. The van der Waals surface area contributed by atoms with Gasteiger partial charge in [0.2, 0.25) is 0 Å². The minimum atomic E-state index is -0.222. The highest BCUT2D eigenvalue weighted by atomic mass is 16.5. The molecule has 0 radical (unpaired) electrons. The van der Waals surface area contributed by atoms with Crippen molar-refractivity contribution >= 4 is 11.7 Å². The molecule has 0 spiro atoms. The summed E-state index contributed by atoms with van der Waals surface area (Å²) in [6.45, 7) is 4.89. The highest BCUT2D eigenvalue weighted by Gasteiger charge is 2.05. The van der Waals surface area contributed by atoms with Crippen molar-refractivity contribution in [2.75, 3.05) is 18.5 Å². The number of amides is 2. The van der Waals surface area contributed by atoms with Gasteiger partial charge in [-0.05, 0) is 43.2 Å². The Morgan fingerprint density at radius 1 is 1.05 bits per heavy atom. The Bertz CT molecular complexity index is 597. The number of carbonyl (C=O) groups excluding carboxylic acids is 1. The molecule has 0 unspecified atom stereocenters. The van der Waals surface area contributed by atoms with Crippen molar-refractivity contribution < 1.29 is 9.53 Å². The molecule has 0 aromatic heterocycles. The molecule has 4 heteroatoms. The second kappa shape index (κ2) is 7.33. The van der Waals surface area contributed by atoms with E-state index in [-0.39, 0.29) is 6.03 Å². The van der Waals surface area contributed by atoms with E-state index in [0.717, 1.165) is 22.6 Å². The summed E-state index contributed by atoms with van der Waals surface area (Å²) in [6.07, 6.45) is 0. The minimum absolute atomic E-state index is 0.222. The fourth-order valence-electron chi connectivity index (χ4n) is 1.90. The molecule has 2 amide bonds. The normalized spacial score (nSPS) is 10.0. The Morgan fingerprint density at radius 2 is 1.81 bits per heavy atom. The van der Waals surface area contributed by atoms with Gasteiger partial charge in [0.05, 0.1) is 6.54 Å². The summed E-state index contributed by atoms with van der Waals surface area (Å²) in [5.41, 5.74) is 3.06. The van der Waals surface area contributed by atoms with E-state index in [2.05, 4.69) is 10.6 Å². The van der Waals surface area contributed by atoms with Gasteiger partial charge >= 0.3 is 6.03 Å². The molecule has 110 valence electrons. The van der Waals surface area contributed by atoms with Gasteiger partial charge in [0.25, 0.3) is 0 Å². The van der Waals surface area contributed by atoms with Gasteiger partial charge in [-0.1, -0.05) is 30.3 Å². The Morgan fingerprint density at radius 3 is 2.57 bits per heavy atom. The topological polar surface area (TPSA) is 50.4 Å². The number of para-hydroxylation sites is 1. The molecule has 0 saturated heterocycles. The maximum atomic E-state index is 11.8. The van der Waals surface area contributed by atoms with E-state index in [1.165, 1.54) is 0 Å². The largest absolute Gasteiger partial charge is 0.492 e. The smallest absolute Gasteiger partial charge is 0.319 e. The van der Waals surface area contributed by atoms with Gasteiger partial charge in [-0.2, -0.15) is 0 Å². The van der Waals surface area contributed by atoms with Crippen LogP contribution in [0, 0.1) is 13.8 Å². The van der Waals surface area contributed by atoms with Gasteiger partial charge in [0.1, 0.15) is 12.4 Å². The van der Waals surface area contributed by atoms with Crippen LogP contribution >= 0.6 is 0 Å². The lowest BCUT2D eigenvalue weighted by molar-refractivity contribution is 0.247. The molecule has 4 nitrogen and oxygen atoms in total.